The molecule has 0 radical (unpaired) electrons. The normalized spacial score (nSPS) is 17.6. The molecular weight excluding hydrogens is 226 g/mol. The van der Waals surface area contributed by atoms with Crippen LogP contribution in [0.15, 0.2) is 12.1 Å². The second-order valence-corrected chi connectivity index (χ2v) is 6.48. The van der Waals surface area contributed by atoms with Crippen molar-refractivity contribution in [3.63, 3.8) is 0 Å². The highest BCUT2D eigenvalue weighted by Crippen LogP contribution is 2.42. The number of nitrogens with two attached hydrogens (primary N) is 1. The molecule has 1 aliphatic rings. The third kappa shape index (κ3) is 2.61. The van der Waals surface area contributed by atoms with Crippen LogP contribution >= 0.6 is 0 Å². The molecule has 3 nitrogen and oxygen atoms in total. The van der Waals surface area contributed by atoms with E-state index in [1.54, 1.807) is 13.2 Å². The molecule has 1 fully saturated rings. The highest BCUT2D eigenvalue weighted by atomic mass is 16.5. The summed E-state index contributed by atoms with van der Waals surface area (Å²) in [5, 5.41) is 10.1. The first-order chi connectivity index (χ1) is 8.25. The average molecular weight is 249 g/mol. The second-order valence-electron chi connectivity index (χ2n) is 6.48. The highest BCUT2D eigenvalue weighted by Gasteiger charge is 2.39. The van der Waals surface area contributed by atoms with E-state index in [2.05, 4.69) is 26.8 Å². The van der Waals surface area contributed by atoms with E-state index in [4.69, 9.17) is 10.5 Å². The number of phenols is 1. The highest BCUT2D eigenvalue weighted by molar-refractivity contribution is 5.51. The van der Waals surface area contributed by atoms with Gasteiger partial charge in [0.05, 0.1) is 7.11 Å². The molecule has 0 heterocycles. The number of aromatic hydroxyl groups is 1. The third-order valence-electron chi connectivity index (χ3n) is 3.65. The van der Waals surface area contributed by atoms with Gasteiger partial charge in [0.1, 0.15) is 0 Å². The van der Waals surface area contributed by atoms with Gasteiger partial charge in [-0.2, -0.15) is 0 Å². The summed E-state index contributed by atoms with van der Waals surface area (Å²) in [5.41, 5.74) is 8.22. The van der Waals surface area contributed by atoms with Crippen molar-refractivity contribution in [2.75, 3.05) is 7.11 Å². The van der Waals surface area contributed by atoms with Gasteiger partial charge in [0, 0.05) is 11.1 Å². The van der Waals surface area contributed by atoms with Gasteiger partial charge in [0.2, 0.25) is 0 Å². The van der Waals surface area contributed by atoms with Crippen LogP contribution in [-0.4, -0.2) is 17.8 Å². The molecule has 3 heteroatoms. The van der Waals surface area contributed by atoms with Crippen molar-refractivity contribution in [3.05, 3.63) is 23.3 Å². The summed E-state index contributed by atoms with van der Waals surface area (Å²) < 4.78 is 5.31. The lowest BCUT2D eigenvalue weighted by Gasteiger charge is -2.23. The summed E-state index contributed by atoms with van der Waals surface area (Å²) in [4.78, 5) is 0. The van der Waals surface area contributed by atoms with Gasteiger partial charge in [0.25, 0.3) is 0 Å². The van der Waals surface area contributed by atoms with E-state index in [1.807, 2.05) is 0 Å². The molecule has 0 aromatic heterocycles. The van der Waals surface area contributed by atoms with Crippen LogP contribution in [-0.2, 0) is 11.8 Å². The molecule has 0 amide bonds. The Balaban J connectivity index is 2.43. The topological polar surface area (TPSA) is 55.5 Å². The van der Waals surface area contributed by atoms with E-state index in [9.17, 15) is 5.11 Å². The van der Waals surface area contributed by atoms with Gasteiger partial charge in [-0.1, -0.05) is 26.8 Å². The number of hydrogen-bond acceptors (Lipinski definition) is 3. The van der Waals surface area contributed by atoms with E-state index >= 15 is 0 Å². The minimum atomic E-state index is -0.0871. The van der Waals surface area contributed by atoms with Crippen LogP contribution < -0.4 is 10.5 Å². The predicted octanol–water partition coefficient (Wildman–Crippen LogP) is 2.73. The number of benzene rings is 1. The van der Waals surface area contributed by atoms with Gasteiger partial charge in [-0.05, 0) is 36.3 Å². The van der Waals surface area contributed by atoms with Crippen molar-refractivity contribution in [1.29, 1.82) is 0 Å². The molecule has 0 bridgehead atoms. The molecule has 0 spiro atoms. The quantitative estimate of drug-likeness (QED) is 0.866. The Morgan fingerprint density at radius 3 is 2.39 bits per heavy atom. The summed E-state index contributed by atoms with van der Waals surface area (Å²) >= 11 is 0. The van der Waals surface area contributed by atoms with Crippen LogP contribution in [0.4, 0.5) is 0 Å². The number of ether oxygens (including phenoxy) is 1. The van der Waals surface area contributed by atoms with Crippen LogP contribution in [0.2, 0.25) is 0 Å². The van der Waals surface area contributed by atoms with Crippen LogP contribution in [0.5, 0.6) is 11.5 Å². The van der Waals surface area contributed by atoms with E-state index in [0.717, 1.165) is 30.4 Å². The first-order valence-electron chi connectivity index (χ1n) is 6.44. The first kappa shape index (κ1) is 13.2. The Labute approximate surface area is 109 Å². The molecule has 0 saturated heterocycles. The Bertz CT molecular complexity index is 456. The molecule has 0 aliphatic heterocycles. The van der Waals surface area contributed by atoms with E-state index in [1.165, 1.54) is 0 Å². The van der Waals surface area contributed by atoms with Crippen molar-refractivity contribution in [2.24, 2.45) is 5.73 Å². The molecule has 18 heavy (non-hydrogen) atoms. The fourth-order valence-electron chi connectivity index (χ4n) is 2.19. The largest absolute Gasteiger partial charge is 0.504 e. The summed E-state index contributed by atoms with van der Waals surface area (Å²) in [6, 6.07) is 3.91. The van der Waals surface area contributed by atoms with Crippen molar-refractivity contribution >= 4 is 0 Å². The molecule has 0 unspecified atom stereocenters. The molecule has 1 saturated carbocycles. The maximum absolute atomic E-state index is 10.1. The standard InChI is InChI=1S/C15H23NO2/c1-14(2,3)11-7-10(9-15(16)5-6-15)13(18-4)12(17)8-11/h7-8,17H,5-6,9,16H2,1-4H3. The Hall–Kier alpha value is -1.22. The third-order valence-corrected chi connectivity index (χ3v) is 3.65. The smallest absolute Gasteiger partial charge is 0.163 e. The van der Waals surface area contributed by atoms with Crippen LogP contribution in [0.25, 0.3) is 0 Å². The number of rotatable bonds is 3. The SMILES string of the molecule is COc1c(O)cc(C(C)(C)C)cc1CC1(N)CC1. The lowest BCUT2D eigenvalue weighted by Crippen LogP contribution is -2.25. The average Bonchev–Trinajstić information content (AvgIpc) is 2.94. The molecule has 2 rings (SSSR count). The zero-order chi connectivity index (χ0) is 13.6. The Morgan fingerprint density at radius 1 is 1.33 bits per heavy atom. The molecule has 1 aromatic carbocycles. The molecular formula is C15H23NO2. The Kier molecular flexibility index (Phi) is 3.06. The Morgan fingerprint density at radius 2 is 1.94 bits per heavy atom. The maximum atomic E-state index is 10.1. The number of methoxy groups -OCH3 is 1. The van der Waals surface area contributed by atoms with Crippen LogP contribution in [0.3, 0.4) is 0 Å². The van der Waals surface area contributed by atoms with Gasteiger partial charge < -0.3 is 15.6 Å². The zero-order valence-electron chi connectivity index (χ0n) is 11.7. The first-order valence-corrected chi connectivity index (χ1v) is 6.44. The second kappa shape index (κ2) is 4.16. The van der Waals surface area contributed by atoms with E-state index in [0.29, 0.717) is 5.75 Å². The van der Waals surface area contributed by atoms with Gasteiger partial charge in [-0.25, -0.2) is 0 Å². The maximum Gasteiger partial charge on any atom is 0.163 e. The molecule has 1 aromatic rings. The van der Waals surface area contributed by atoms with E-state index < -0.39 is 0 Å². The van der Waals surface area contributed by atoms with E-state index in [-0.39, 0.29) is 16.7 Å². The minimum absolute atomic E-state index is 0.00378. The molecule has 1 aliphatic carbocycles. The lowest BCUT2D eigenvalue weighted by molar-refractivity contribution is 0.366. The van der Waals surface area contributed by atoms with Crippen molar-refractivity contribution in [3.8, 4) is 11.5 Å². The molecule has 3 N–H and O–H groups in total. The van der Waals surface area contributed by atoms with Crippen LogP contribution in [0.1, 0.15) is 44.7 Å². The van der Waals surface area contributed by atoms with Crippen molar-refractivity contribution < 1.29 is 9.84 Å². The van der Waals surface area contributed by atoms with Gasteiger partial charge >= 0.3 is 0 Å². The summed E-state index contributed by atoms with van der Waals surface area (Å²) in [6.45, 7) is 6.40. The van der Waals surface area contributed by atoms with Gasteiger partial charge in [-0.15, -0.1) is 0 Å². The van der Waals surface area contributed by atoms with Gasteiger partial charge in [-0.3, -0.25) is 0 Å². The van der Waals surface area contributed by atoms with Gasteiger partial charge in [0.15, 0.2) is 11.5 Å². The number of hydrogen-bond donors (Lipinski definition) is 2. The zero-order valence-corrected chi connectivity index (χ0v) is 11.7. The summed E-state index contributed by atoms with van der Waals surface area (Å²) in [5.74, 6) is 0.781. The fourth-order valence-corrected chi connectivity index (χ4v) is 2.19. The lowest BCUT2D eigenvalue weighted by atomic mass is 9.85. The number of phenolic OH excluding ortho intramolecular Hbond substituents is 1. The summed E-state index contributed by atoms with van der Waals surface area (Å²) in [6.07, 6.45) is 2.88. The molecule has 0 atom stereocenters. The molecule has 100 valence electrons. The van der Waals surface area contributed by atoms with Crippen molar-refractivity contribution in [2.45, 2.75) is 51.0 Å². The van der Waals surface area contributed by atoms with Crippen LogP contribution in [0, 0.1) is 0 Å². The fraction of sp³-hybridized carbons (Fsp3) is 0.600. The summed E-state index contributed by atoms with van der Waals surface area (Å²) in [7, 11) is 1.59. The monoisotopic (exact) mass is 249 g/mol. The minimum Gasteiger partial charge on any atom is -0.504 e. The predicted molar refractivity (Wildman–Crippen MR) is 73.2 cm³/mol. The van der Waals surface area contributed by atoms with Crippen molar-refractivity contribution in [1.82, 2.24) is 0 Å².